The van der Waals surface area contributed by atoms with Crippen LogP contribution in [0, 0.1) is 18.7 Å². The molecule has 0 spiro atoms. The SMILES string of the molecule is CCOC(=O)C(NC(=O)c1cc(C)n(-c2cccc(F)c2)n1)C1CCOCC1. The lowest BCUT2D eigenvalue weighted by Gasteiger charge is -2.29. The van der Waals surface area contributed by atoms with Gasteiger partial charge in [-0.05, 0) is 56.9 Å². The third kappa shape index (κ3) is 4.56. The van der Waals surface area contributed by atoms with Crippen molar-refractivity contribution >= 4 is 11.9 Å². The molecule has 0 radical (unpaired) electrons. The van der Waals surface area contributed by atoms with Crippen molar-refractivity contribution < 1.29 is 23.5 Å². The molecule has 1 fully saturated rings. The van der Waals surface area contributed by atoms with Crippen LogP contribution in [0.3, 0.4) is 0 Å². The van der Waals surface area contributed by atoms with E-state index in [9.17, 15) is 14.0 Å². The average Bonchev–Trinajstić information content (AvgIpc) is 3.08. The molecule has 3 rings (SSSR count). The number of nitrogens with one attached hydrogen (secondary N) is 1. The van der Waals surface area contributed by atoms with Crippen LogP contribution in [0.15, 0.2) is 30.3 Å². The van der Waals surface area contributed by atoms with E-state index < -0.39 is 17.9 Å². The van der Waals surface area contributed by atoms with Gasteiger partial charge in [-0.25, -0.2) is 13.9 Å². The number of ether oxygens (including phenoxy) is 2. The number of aryl methyl sites for hydroxylation is 1. The summed E-state index contributed by atoms with van der Waals surface area (Å²) in [7, 11) is 0. The number of carbonyl (C=O) groups excluding carboxylic acids is 2. The number of halogens is 1. The summed E-state index contributed by atoms with van der Waals surface area (Å²) >= 11 is 0. The Balaban J connectivity index is 1.80. The number of amides is 1. The summed E-state index contributed by atoms with van der Waals surface area (Å²) in [4.78, 5) is 25.2. The normalized spacial score (nSPS) is 15.8. The molecule has 1 aromatic heterocycles. The van der Waals surface area contributed by atoms with E-state index >= 15 is 0 Å². The Kier molecular flexibility index (Phi) is 6.41. The van der Waals surface area contributed by atoms with E-state index in [4.69, 9.17) is 9.47 Å². The first-order valence-electron chi connectivity index (χ1n) is 9.37. The van der Waals surface area contributed by atoms with E-state index in [0.29, 0.717) is 37.4 Å². The van der Waals surface area contributed by atoms with Gasteiger partial charge in [0.2, 0.25) is 0 Å². The van der Waals surface area contributed by atoms with E-state index in [0.717, 1.165) is 0 Å². The molecule has 1 amide bonds. The van der Waals surface area contributed by atoms with Gasteiger partial charge < -0.3 is 14.8 Å². The van der Waals surface area contributed by atoms with Crippen molar-refractivity contribution in [2.45, 2.75) is 32.7 Å². The van der Waals surface area contributed by atoms with Gasteiger partial charge in [0.25, 0.3) is 5.91 Å². The van der Waals surface area contributed by atoms with Crippen LogP contribution >= 0.6 is 0 Å². The van der Waals surface area contributed by atoms with Crippen LogP contribution in [-0.2, 0) is 14.3 Å². The maximum atomic E-state index is 13.5. The number of rotatable bonds is 6. The topological polar surface area (TPSA) is 82.5 Å². The minimum absolute atomic E-state index is 0.0526. The zero-order chi connectivity index (χ0) is 20.1. The number of esters is 1. The molecule has 0 bridgehead atoms. The maximum absolute atomic E-state index is 13.5. The van der Waals surface area contributed by atoms with Gasteiger partial charge in [-0.2, -0.15) is 5.10 Å². The molecule has 1 aromatic carbocycles. The number of benzene rings is 1. The number of carbonyl (C=O) groups is 2. The van der Waals surface area contributed by atoms with Crippen LogP contribution in [0.25, 0.3) is 5.69 Å². The largest absolute Gasteiger partial charge is 0.464 e. The molecular weight excluding hydrogens is 365 g/mol. The Bertz CT molecular complexity index is 846. The summed E-state index contributed by atoms with van der Waals surface area (Å²) in [5.41, 5.74) is 1.35. The van der Waals surface area contributed by atoms with E-state index in [1.165, 1.54) is 16.8 Å². The lowest BCUT2D eigenvalue weighted by molar-refractivity contribution is -0.147. The zero-order valence-electron chi connectivity index (χ0n) is 16.0. The number of aromatic nitrogens is 2. The molecule has 28 heavy (non-hydrogen) atoms. The number of nitrogens with zero attached hydrogens (tertiary/aromatic N) is 2. The number of hydrogen-bond acceptors (Lipinski definition) is 5. The number of hydrogen-bond donors (Lipinski definition) is 1. The summed E-state index contributed by atoms with van der Waals surface area (Å²) in [5, 5.41) is 7.06. The second-order valence-electron chi connectivity index (χ2n) is 6.72. The Hall–Kier alpha value is -2.74. The monoisotopic (exact) mass is 389 g/mol. The van der Waals surface area contributed by atoms with Crippen LogP contribution < -0.4 is 5.32 Å². The van der Waals surface area contributed by atoms with Crippen LogP contribution in [0.2, 0.25) is 0 Å². The van der Waals surface area contributed by atoms with Crippen LogP contribution in [0.1, 0.15) is 35.9 Å². The molecule has 2 aromatic rings. The molecule has 1 saturated heterocycles. The van der Waals surface area contributed by atoms with Crippen molar-refractivity contribution in [1.29, 1.82) is 0 Å². The van der Waals surface area contributed by atoms with Crippen molar-refractivity contribution in [3.8, 4) is 5.69 Å². The van der Waals surface area contributed by atoms with E-state index in [2.05, 4.69) is 10.4 Å². The van der Waals surface area contributed by atoms with Crippen LogP contribution in [0.5, 0.6) is 0 Å². The van der Waals surface area contributed by atoms with E-state index in [-0.39, 0.29) is 24.0 Å². The molecule has 0 saturated carbocycles. The van der Waals surface area contributed by atoms with Gasteiger partial charge in [0, 0.05) is 18.9 Å². The van der Waals surface area contributed by atoms with Crippen molar-refractivity contribution in [2.75, 3.05) is 19.8 Å². The van der Waals surface area contributed by atoms with Gasteiger partial charge >= 0.3 is 5.97 Å². The predicted octanol–water partition coefficient (Wildman–Crippen LogP) is 2.41. The molecule has 0 aliphatic carbocycles. The Morgan fingerprint density at radius 1 is 1.36 bits per heavy atom. The standard InChI is InChI=1S/C20H24FN3O4/c1-3-28-20(26)18(14-7-9-27-10-8-14)22-19(25)17-11-13(2)24(23-17)16-6-4-5-15(21)12-16/h4-6,11-12,14,18H,3,7-10H2,1-2H3,(H,22,25). The molecule has 150 valence electrons. The smallest absolute Gasteiger partial charge is 0.328 e. The second kappa shape index (κ2) is 8.97. The van der Waals surface area contributed by atoms with Crippen molar-refractivity contribution in [2.24, 2.45) is 5.92 Å². The minimum atomic E-state index is -0.754. The van der Waals surface area contributed by atoms with Gasteiger partial charge in [-0.1, -0.05) is 6.07 Å². The van der Waals surface area contributed by atoms with Gasteiger partial charge in [0.05, 0.1) is 12.3 Å². The summed E-state index contributed by atoms with van der Waals surface area (Å²) in [6, 6.07) is 6.81. The molecule has 1 unspecified atom stereocenters. The lowest BCUT2D eigenvalue weighted by Crippen LogP contribution is -2.48. The molecular formula is C20H24FN3O4. The first-order valence-corrected chi connectivity index (χ1v) is 9.37. The highest BCUT2D eigenvalue weighted by Gasteiger charge is 2.33. The molecule has 1 aliphatic heterocycles. The Morgan fingerprint density at radius 3 is 2.79 bits per heavy atom. The second-order valence-corrected chi connectivity index (χ2v) is 6.72. The van der Waals surface area contributed by atoms with Gasteiger partial charge in [-0.3, -0.25) is 4.79 Å². The first kappa shape index (κ1) is 20.0. The fraction of sp³-hybridized carbons (Fsp3) is 0.450. The van der Waals surface area contributed by atoms with E-state index in [1.54, 1.807) is 32.0 Å². The molecule has 1 N–H and O–H groups in total. The summed E-state index contributed by atoms with van der Waals surface area (Å²) in [5.74, 6) is -1.37. The summed E-state index contributed by atoms with van der Waals surface area (Å²) in [6.45, 7) is 4.83. The molecule has 8 heteroatoms. The third-order valence-corrected chi connectivity index (χ3v) is 4.74. The zero-order valence-corrected chi connectivity index (χ0v) is 16.0. The fourth-order valence-electron chi connectivity index (χ4n) is 3.32. The van der Waals surface area contributed by atoms with E-state index in [1.807, 2.05) is 0 Å². The molecule has 1 atom stereocenters. The molecule has 1 aliphatic rings. The van der Waals surface area contributed by atoms with Crippen molar-refractivity contribution in [3.63, 3.8) is 0 Å². The van der Waals surface area contributed by atoms with Crippen molar-refractivity contribution in [3.05, 3.63) is 47.5 Å². The highest BCUT2D eigenvalue weighted by Crippen LogP contribution is 2.21. The van der Waals surface area contributed by atoms with Gasteiger partial charge in [-0.15, -0.1) is 0 Å². The van der Waals surface area contributed by atoms with Gasteiger partial charge in [0.1, 0.15) is 11.9 Å². The molecule has 2 heterocycles. The third-order valence-electron chi connectivity index (χ3n) is 4.74. The van der Waals surface area contributed by atoms with Crippen LogP contribution in [0.4, 0.5) is 4.39 Å². The fourth-order valence-corrected chi connectivity index (χ4v) is 3.32. The molecule has 7 nitrogen and oxygen atoms in total. The van der Waals surface area contributed by atoms with Crippen LogP contribution in [-0.4, -0.2) is 47.5 Å². The summed E-state index contributed by atoms with van der Waals surface area (Å²) in [6.07, 6.45) is 1.33. The minimum Gasteiger partial charge on any atom is -0.464 e. The highest BCUT2D eigenvalue weighted by atomic mass is 19.1. The quantitative estimate of drug-likeness (QED) is 0.768. The average molecular weight is 389 g/mol. The van der Waals surface area contributed by atoms with Gasteiger partial charge in [0.15, 0.2) is 5.69 Å². The highest BCUT2D eigenvalue weighted by molar-refractivity contribution is 5.95. The lowest BCUT2D eigenvalue weighted by atomic mass is 9.91. The first-order chi connectivity index (χ1) is 13.5. The Morgan fingerprint density at radius 2 is 2.11 bits per heavy atom. The Labute approximate surface area is 162 Å². The summed E-state index contributed by atoms with van der Waals surface area (Å²) < 4.78 is 25.5. The van der Waals surface area contributed by atoms with Crippen molar-refractivity contribution in [1.82, 2.24) is 15.1 Å². The maximum Gasteiger partial charge on any atom is 0.328 e. The predicted molar refractivity (Wildman–Crippen MR) is 99.7 cm³/mol.